The molecule has 0 aliphatic heterocycles. The normalized spacial score (nSPS) is 10.5. The largest absolute Gasteiger partial charge is 0.345 e. The number of nitrogens with one attached hydrogen (secondary N) is 1. The van der Waals surface area contributed by atoms with Crippen LogP contribution in [0.25, 0.3) is 11.5 Å². The highest BCUT2D eigenvalue weighted by Crippen LogP contribution is 2.17. The van der Waals surface area contributed by atoms with E-state index in [4.69, 9.17) is 16.1 Å². The number of nitrogens with zero attached hydrogens (tertiary/aromatic N) is 2. The zero-order chi connectivity index (χ0) is 16.2. The van der Waals surface area contributed by atoms with Gasteiger partial charge in [0, 0.05) is 17.1 Å². The van der Waals surface area contributed by atoms with Crippen molar-refractivity contribution in [1.29, 1.82) is 0 Å². The highest BCUT2D eigenvalue weighted by atomic mass is 35.5. The Morgan fingerprint density at radius 3 is 2.52 bits per heavy atom. The van der Waals surface area contributed by atoms with Gasteiger partial charge in [-0.25, -0.2) is 0 Å². The molecule has 0 unspecified atom stereocenters. The van der Waals surface area contributed by atoms with Crippen molar-refractivity contribution in [2.75, 3.05) is 0 Å². The lowest BCUT2D eigenvalue weighted by Gasteiger charge is -2.02. The Labute approximate surface area is 138 Å². The highest BCUT2D eigenvalue weighted by Gasteiger charge is 2.15. The van der Waals surface area contributed by atoms with E-state index in [1.165, 1.54) is 0 Å². The molecule has 1 amide bonds. The molecule has 0 bridgehead atoms. The second kappa shape index (κ2) is 6.62. The van der Waals surface area contributed by atoms with Crippen LogP contribution in [0.5, 0.6) is 0 Å². The molecule has 0 spiro atoms. The van der Waals surface area contributed by atoms with E-state index in [0.29, 0.717) is 17.5 Å². The van der Waals surface area contributed by atoms with Gasteiger partial charge in [-0.2, -0.15) is 4.98 Å². The molecule has 0 atom stereocenters. The average Bonchev–Trinajstić information content (AvgIpc) is 3.05. The van der Waals surface area contributed by atoms with Gasteiger partial charge in [-0.05, 0) is 36.8 Å². The van der Waals surface area contributed by atoms with Crippen LogP contribution in [0, 0.1) is 6.92 Å². The predicted molar refractivity (Wildman–Crippen MR) is 87.1 cm³/mol. The second-order valence-corrected chi connectivity index (χ2v) is 5.53. The highest BCUT2D eigenvalue weighted by molar-refractivity contribution is 6.30. The fourth-order valence-electron chi connectivity index (χ4n) is 1.99. The van der Waals surface area contributed by atoms with Gasteiger partial charge in [-0.15, -0.1) is 0 Å². The minimum absolute atomic E-state index is 0.00883. The number of aromatic nitrogens is 2. The maximum absolute atomic E-state index is 12.1. The Hall–Kier alpha value is -2.66. The molecule has 0 radical (unpaired) electrons. The van der Waals surface area contributed by atoms with Gasteiger partial charge in [0.15, 0.2) is 0 Å². The number of halogens is 1. The summed E-state index contributed by atoms with van der Waals surface area (Å²) in [6.45, 7) is 2.36. The molecule has 23 heavy (non-hydrogen) atoms. The minimum Gasteiger partial charge on any atom is -0.345 e. The molecule has 2 aromatic carbocycles. The topological polar surface area (TPSA) is 68.0 Å². The Balaban J connectivity index is 1.66. The molecule has 0 aliphatic carbocycles. The van der Waals surface area contributed by atoms with Crippen LogP contribution in [-0.4, -0.2) is 16.0 Å². The summed E-state index contributed by atoms with van der Waals surface area (Å²) in [7, 11) is 0. The molecular formula is C17H14ClN3O2. The second-order valence-electron chi connectivity index (χ2n) is 5.10. The molecule has 0 saturated carbocycles. The third kappa shape index (κ3) is 3.76. The smallest absolute Gasteiger partial charge is 0.292 e. The van der Waals surface area contributed by atoms with E-state index in [0.717, 1.165) is 16.7 Å². The summed E-state index contributed by atoms with van der Waals surface area (Å²) in [5, 5.41) is 7.12. The monoisotopic (exact) mass is 327 g/mol. The summed E-state index contributed by atoms with van der Waals surface area (Å²) in [6, 6.07) is 14.9. The molecule has 1 heterocycles. The summed E-state index contributed by atoms with van der Waals surface area (Å²) in [5.74, 6) is -0.0572. The number of benzene rings is 2. The average molecular weight is 328 g/mol. The third-order valence-electron chi connectivity index (χ3n) is 3.29. The van der Waals surface area contributed by atoms with Crippen LogP contribution in [0.15, 0.2) is 53.1 Å². The van der Waals surface area contributed by atoms with Crippen molar-refractivity contribution in [1.82, 2.24) is 15.5 Å². The molecule has 0 aliphatic rings. The number of carbonyl (C=O) groups is 1. The molecule has 0 fully saturated rings. The molecule has 1 aromatic heterocycles. The van der Waals surface area contributed by atoms with Gasteiger partial charge in [0.1, 0.15) is 0 Å². The molecule has 1 N–H and O–H groups in total. The summed E-state index contributed by atoms with van der Waals surface area (Å²) in [4.78, 5) is 16.2. The molecule has 116 valence electrons. The number of aryl methyl sites for hydroxylation is 1. The van der Waals surface area contributed by atoms with Crippen LogP contribution >= 0.6 is 11.6 Å². The lowest BCUT2D eigenvalue weighted by atomic mass is 10.1. The zero-order valence-electron chi connectivity index (χ0n) is 12.4. The Bertz CT molecular complexity index is 811. The van der Waals surface area contributed by atoms with E-state index in [-0.39, 0.29) is 11.7 Å². The van der Waals surface area contributed by atoms with E-state index >= 15 is 0 Å². The number of carbonyl (C=O) groups excluding carboxylic acids is 1. The third-order valence-corrected chi connectivity index (χ3v) is 3.55. The van der Waals surface area contributed by atoms with Gasteiger partial charge >= 0.3 is 0 Å². The standard InChI is InChI=1S/C17H14ClN3O2/c1-11-2-6-13(7-3-11)17-20-15(21-23-17)16(22)19-10-12-4-8-14(18)9-5-12/h2-9H,10H2,1H3,(H,19,22). The lowest BCUT2D eigenvalue weighted by Crippen LogP contribution is -2.23. The first kappa shape index (κ1) is 15.2. The lowest BCUT2D eigenvalue weighted by molar-refractivity contribution is 0.0937. The summed E-state index contributed by atoms with van der Waals surface area (Å²) >= 11 is 5.82. The van der Waals surface area contributed by atoms with Crippen LogP contribution in [0.4, 0.5) is 0 Å². The van der Waals surface area contributed by atoms with Gasteiger partial charge in [-0.3, -0.25) is 4.79 Å². The Morgan fingerprint density at radius 2 is 1.83 bits per heavy atom. The SMILES string of the molecule is Cc1ccc(-c2nc(C(=O)NCc3ccc(Cl)cc3)no2)cc1. The summed E-state index contributed by atoms with van der Waals surface area (Å²) in [5.41, 5.74) is 2.85. The van der Waals surface area contributed by atoms with Crippen molar-refractivity contribution in [3.05, 3.63) is 70.5 Å². The van der Waals surface area contributed by atoms with Crippen molar-refractivity contribution in [2.24, 2.45) is 0 Å². The van der Waals surface area contributed by atoms with Gasteiger partial charge < -0.3 is 9.84 Å². The Kier molecular flexibility index (Phi) is 4.39. The molecule has 6 heteroatoms. The summed E-state index contributed by atoms with van der Waals surface area (Å²) < 4.78 is 5.14. The van der Waals surface area contributed by atoms with Crippen LogP contribution in [0.1, 0.15) is 21.7 Å². The van der Waals surface area contributed by atoms with Gasteiger partial charge in [0.2, 0.25) is 0 Å². The number of rotatable bonds is 4. The van der Waals surface area contributed by atoms with Gasteiger partial charge in [0.05, 0.1) is 0 Å². The van der Waals surface area contributed by atoms with E-state index in [1.54, 1.807) is 12.1 Å². The van der Waals surface area contributed by atoms with Crippen LogP contribution in [0.3, 0.4) is 0 Å². The first-order chi connectivity index (χ1) is 11.1. The van der Waals surface area contributed by atoms with E-state index in [1.807, 2.05) is 43.3 Å². The van der Waals surface area contributed by atoms with Crippen molar-refractivity contribution < 1.29 is 9.32 Å². The molecule has 3 rings (SSSR count). The van der Waals surface area contributed by atoms with Crippen molar-refractivity contribution in [3.8, 4) is 11.5 Å². The van der Waals surface area contributed by atoms with E-state index in [9.17, 15) is 4.79 Å². The maximum Gasteiger partial charge on any atom is 0.292 e. The molecule has 0 saturated heterocycles. The first-order valence-corrected chi connectivity index (χ1v) is 7.43. The number of amides is 1. The molecule has 3 aromatic rings. The van der Waals surface area contributed by atoms with Crippen LogP contribution in [-0.2, 0) is 6.54 Å². The molecular weight excluding hydrogens is 314 g/mol. The van der Waals surface area contributed by atoms with Crippen LogP contribution in [0.2, 0.25) is 5.02 Å². The zero-order valence-corrected chi connectivity index (χ0v) is 13.2. The van der Waals surface area contributed by atoms with Crippen molar-refractivity contribution in [3.63, 3.8) is 0 Å². The minimum atomic E-state index is -0.387. The Morgan fingerprint density at radius 1 is 1.13 bits per heavy atom. The number of hydrogen-bond acceptors (Lipinski definition) is 4. The first-order valence-electron chi connectivity index (χ1n) is 7.05. The van der Waals surface area contributed by atoms with Crippen molar-refractivity contribution >= 4 is 17.5 Å². The van der Waals surface area contributed by atoms with E-state index in [2.05, 4.69) is 15.5 Å². The van der Waals surface area contributed by atoms with Gasteiger partial charge in [0.25, 0.3) is 17.6 Å². The maximum atomic E-state index is 12.1. The van der Waals surface area contributed by atoms with Crippen molar-refractivity contribution in [2.45, 2.75) is 13.5 Å². The fraction of sp³-hybridized carbons (Fsp3) is 0.118. The summed E-state index contributed by atoms with van der Waals surface area (Å²) in [6.07, 6.45) is 0. The van der Waals surface area contributed by atoms with E-state index < -0.39 is 0 Å². The molecule has 5 nitrogen and oxygen atoms in total. The quantitative estimate of drug-likeness (QED) is 0.794. The fourth-order valence-corrected chi connectivity index (χ4v) is 2.12. The van der Waals surface area contributed by atoms with Gasteiger partial charge in [-0.1, -0.05) is 46.6 Å². The predicted octanol–water partition coefficient (Wildman–Crippen LogP) is 3.63. The number of hydrogen-bond donors (Lipinski definition) is 1. The van der Waals surface area contributed by atoms with Crippen LogP contribution < -0.4 is 5.32 Å².